The molecule has 0 fully saturated rings. The molecular formula is C10H22O4. The molecule has 0 aliphatic carbocycles. The van der Waals surface area contributed by atoms with Crippen LogP contribution in [0.15, 0.2) is 0 Å². The van der Waals surface area contributed by atoms with Gasteiger partial charge in [-0.25, -0.2) is 0 Å². The fraction of sp³-hybridized carbons (Fsp3) is 1.00. The maximum absolute atomic E-state index is 9.31. The lowest BCUT2D eigenvalue weighted by Crippen LogP contribution is -2.39. The van der Waals surface area contributed by atoms with E-state index in [0.717, 1.165) is 0 Å². The zero-order valence-corrected chi connectivity index (χ0v) is 9.40. The van der Waals surface area contributed by atoms with Crippen LogP contribution in [0.4, 0.5) is 0 Å². The van der Waals surface area contributed by atoms with Crippen molar-refractivity contribution in [1.82, 2.24) is 0 Å². The van der Waals surface area contributed by atoms with Crippen molar-refractivity contribution in [2.24, 2.45) is 5.92 Å². The van der Waals surface area contributed by atoms with E-state index in [0.29, 0.717) is 0 Å². The van der Waals surface area contributed by atoms with E-state index in [9.17, 15) is 5.11 Å². The Labute approximate surface area is 85.5 Å². The van der Waals surface area contributed by atoms with Crippen molar-refractivity contribution in [2.75, 3.05) is 13.2 Å². The molecule has 0 rings (SSSR count). The maximum Gasteiger partial charge on any atom is 0.103 e. The lowest BCUT2D eigenvalue weighted by atomic mass is 9.93. The zero-order chi connectivity index (χ0) is 11.4. The van der Waals surface area contributed by atoms with E-state index in [2.05, 4.69) is 0 Å². The topological polar surface area (TPSA) is 69.9 Å². The molecule has 0 bridgehead atoms. The standard InChI is InChI=1S/C10H22O4/c1-7(5-11)10(3,4)14-6-9(13)8(2)12/h7-9,11-13H,5-6H2,1-4H3. The summed E-state index contributed by atoms with van der Waals surface area (Å²) in [5, 5.41) is 27.3. The third-order valence-electron chi connectivity index (χ3n) is 2.64. The number of hydrogen-bond donors (Lipinski definition) is 3. The maximum atomic E-state index is 9.31. The number of aliphatic hydroxyl groups is 3. The van der Waals surface area contributed by atoms with Gasteiger partial charge in [-0.1, -0.05) is 6.92 Å². The molecule has 0 spiro atoms. The monoisotopic (exact) mass is 206 g/mol. The summed E-state index contributed by atoms with van der Waals surface area (Å²) in [5.74, 6) is -0.0105. The summed E-state index contributed by atoms with van der Waals surface area (Å²) in [7, 11) is 0. The average Bonchev–Trinajstić information content (AvgIpc) is 2.12. The highest BCUT2D eigenvalue weighted by Crippen LogP contribution is 2.20. The Hall–Kier alpha value is -0.160. The Balaban J connectivity index is 3.98. The highest BCUT2D eigenvalue weighted by atomic mass is 16.5. The van der Waals surface area contributed by atoms with Crippen molar-refractivity contribution in [3.05, 3.63) is 0 Å². The predicted octanol–water partition coefficient (Wildman–Crippen LogP) is 0.152. The number of hydrogen-bond acceptors (Lipinski definition) is 4. The molecule has 0 aromatic carbocycles. The Morgan fingerprint density at radius 1 is 1.21 bits per heavy atom. The molecular weight excluding hydrogens is 184 g/mol. The Kier molecular flexibility index (Phi) is 5.59. The Morgan fingerprint density at radius 2 is 1.71 bits per heavy atom. The van der Waals surface area contributed by atoms with Gasteiger partial charge in [-0.2, -0.15) is 0 Å². The van der Waals surface area contributed by atoms with Crippen molar-refractivity contribution in [2.45, 2.75) is 45.5 Å². The summed E-state index contributed by atoms with van der Waals surface area (Å²) in [5.41, 5.74) is -0.495. The lowest BCUT2D eigenvalue weighted by molar-refractivity contribution is -0.115. The molecule has 0 aromatic heterocycles. The largest absolute Gasteiger partial charge is 0.396 e. The van der Waals surface area contributed by atoms with Gasteiger partial charge in [-0.3, -0.25) is 0 Å². The minimum atomic E-state index is -0.875. The third-order valence-corrected chi connectivity index (χ3v) is 2.64. The van der Waals surface area contributed by atoms with Gasteiger partial charge >= 0.3 is 0 Å². The van der Waals surface area contributed by atoms with Crippen LogP contribution in [0.3, 0.4) is 0 Å². The zero-order valence-electron chi connectivity index (χ0n) is 9.40. The second kappa shape index (κ2) is 5.66. The number of ether oxygens (including phenoxy) is 1. The molecule has 0 aliphatic heterocycles. The van der Waals surface area contributed by atoms with Crippen LogP contribution in [-0.2, 0) is 4.74 Å². The molecule has 4 nitrogen and oxygen atoms in total. The molecule has 0 saturated carbocycles. The highest BCUT2D eigenvalue weighted by molar-refractivity contribution is 4.76. The fourth-order valence-electron chi connectivity index (χ4n) is 0.802. The first-order chi connectivity index (χ1) is 6.31. The van der Waals surface area contributed by atoms with Crippen molar-refractivity contribution in [3.8, 4) is 0 Å². The summed E-state index contributed by atoms with van der Waals surface area (Å²) < 4.78 is 5.44. The van der Waals surface area contributed by atoms with Gasteiger partial charge in [0, 0.05) is 12.5 Å². The van der Waals surface area contributed by atoms with Crippen LogP contribution in [0.2, 0.25) is 0 Å². The molecule has 0 aliphatic rings. The summed E-state index contributed by atoms with van der Waals surface area (Å²) in [4.78, 5) is 0. The van der Waals surface area contributed by atoms with Crippen LogP contribution in [0, 0.1) is 5.92 Å². The molecule has 86 valence electrons. The minimum absolute atomic E-state index is 0.0105. The normalized spacial score (nSPS) is 19.1. The summed E-state index contributed by atoms with van der Waals surface area (Å²) in [6.07, 6.45) is -1.67. The molecule has 0 radical (unpaired) electrons. The van der Waals surface area contributed by atoms with Crippen LogP contribution in [0.25, 0.3) is 0 Å². The van der Waals surface area contributed by atoms with E-state index >= 15 is 0 Å². The van der Waals surface area contributed by atoms with Crippen LogP contribution < -0.4 is 0 Å². The van der Waals surface area contributed by atoms with Crippen LogP contribution in [0.5, 0.6) is 0 Å². The van der Waals surface area contributed by atoms with Gasteiger partial charge in [-0.15, -0.1) is 0 Å². The van der Waals surface area contributed by atoms with E-state index in [1.165, 1.54) is 6.92 Å². The number of aliphatic hydroxyl groups excluding tert-OH is 3. The fourth-order valence-corrected chi connectivity index (χ4v) is 0.802. The molecule has 0 saturated heterocycles. The molecule has 3 atom stereocenters. The first-order valence-corrected chi connectivity index (χ1v) is 4.92. The van der Waals surface area contributed by atoms with Crippen molar-refractivity contribution < 1.29 is 20.1 Å². The second-order valence-corrected chi connectivity index (χ2v) is 4.31. The van der Waals surface area contributed by atoms with Gasteiger partial charge < -0.3 is 20.1 Å². The average molecular weight is 206 g/mol. The van der Waals surface area contributed by atoms with E-state index in [-0.39, 0.29) is 19.1 Å². The van der Waals surface area contributed by atoms with Gasteiger partial charge in [0.25, 0.3) is 0 Å². The Bertz CT molecular complexity index is 156. The quantitative estimate of drug-likeness (QED) is 0.578. The van der Waals surface area contributed by atoms with E-state index in [4.69, 9.17) is 14.9 Å². The second-order valence-electron chi connectivity index (χ2n) is 4.31. The van der Waals surface area contributed by atoms with Crippen molar-refractivity contribution >= 4 is 0 Å². The van der Waals surface area contributed by atoms with Gasteiger partial charge in [0.2, 0.25) is 0 Å². The molecule has 0 amide bonds. The highest BCUT2D eigenvalue weighted by Gasteiger charge is 2.27. The lowest BCUT2D eigenvalue weighted by Gasteiger charge is -2.32. The SMILES string of the molecule is CC(O)C(O)COC(C)(C)C(C)CO. The van der Waals surface area contributed by atoms with Crippen LogP contribution >= 0.6 is 0 Å². The van der Waals surface area contributed by atoms with Gasteiger partial charge in [0.05, 0.1) is 18.3 Å². The minimum Gasteiger partial charge on any atom is -0.396 e. The van der Waals surface area contributed by atoms with Crippen molar-refractivity contribution in [1.29, 1.82) is 0 Å². The van der Waals surface area contributed by atoms with E-state index in [1.54, 1.807) is 0 Å². The molecule has 14 heavy (non-hydrogen) atoms. The van der Waals surface area contributed by atoms with Crippen LogP contribution in [-0.4, -0.2) is 46.3 Å². The molecule has 4 heteroatoms. The smallest absolute Gasteiger partial charge is 0.103 e. The van der Waals surface area contributed by atoms with Crippen LogP contribution in [0.1, 0.15) is 27.7 Å². The first kappa shape index (κ1) is 13.8. The molecule has 3 N–H and O–H groups in total. The van der Waals surface area contributed by atoms with E-state index in [1.807, 2.05) is 20.8 Å². The summed E-state index contributed by atoms with van der Waals surface area (Å²) in [6, 6.07) is 0. The molecule has 0 heterocycles. The molecule has 3 unspecified atom stereocenters. The first-order valence-electron chi connectivity index (χ1n) is 4.92. The number of rotatable bonds is 6. The third kappa shape index (κ3) is 4.37. The predicted molar refractivity (Wildman–Crippen MR) is 54.0 cm³/mol. The van der Waals surface area contributed by atoms with Gasteiger partial charge in [0.15, 0.2) is 0 Å². The summed E-state index contributed by atoms with van der Waals surface area (Å²) in [6.45, 7) is 7.20. The van der Waals surface area contributed by atoms with E-state index < -0.39 is 17.8 Å². The van der Waals surface area contributed by atoms with Crippen molar-refractivity contribution in [3.63, 3.8) is 0 Å². The van der Waals surface area contributed by atoms with Gasteiger partial charge in [0.1, 0.15) is 6.10 Å². The van der Waals surface area contributed by atoms with Gasteiger partial charge in [-0.05, 0) is 20.8 Å². The Morgan fingerprint density at radius 3 is 2.07 bits per heavy atom. The summed E-state index contributed by atoms with van der Waals surface area (Å²) >= 11 is 0. The molecule has 0 aromatic rings.